The van der Waals surface area contributed by atoms with Crippen molar-refractivity contribution >= 4 is 23.4 Å². The summed E-state index contributed by atoms with van der Waals surface area (Å²) in [5, 5.41) is 6.74. The fourth-order valence-electron chi connectivity index (χ4n) is 2.30. The van der Waals surface area contributed by atoms with Crippen LogP contribution < -0.4 is 15.4 Å². The second kappa shape index (κ2) is 11.5. The van der Waals surface area contributed by atoms with E-state index in [9.17, 15) is 18.0 Å². The van der Waals surface area contributed by atoms with E-state index in [4.69, 9.17) is 17.0 Å². The van der Waals surface area contributed by atoms with Crippen LogP contribution in [-0.4, -0.2) is 55.3 Å². The molecule has 2 rings (SSSR count). The maximum atomic E-state index is 11.5. The average Bonchev–Trinajstić information content (AvgIpc) is 2.62. The van der Waals surface area contributed by atoms with Gasteiger partial charge in [0.2, 0.25) is 0 Å². The molecule has 1 aromatic carbocycles. The Hall–Kier alpha value is -2.23. The van der Waals surface area contributed by atoms with Crippen LogP contribution in [0.3, 0.4) is 0 Å². The second-order valence-corrected chi connectivity index (χ2v) is 5.95. The Bertz CT molecular complexity index is 580. The summed E-state index contributed by atoms with van der Waals surface area (Å²) in [6.45, 7) is 3.70. The summed E-state index contributed by atoms with van der Waals surface area (Å²) in [7, 11) is 1.79. The third-order valence-corrected chi connectivity index (χ3v) is 3.88. The minimum atomic E-state index is -4.60. The van der Waals surface area contributed by atoms with Crippen LogP contribution in [0.15, 0.2) is 30.3 Å². The van der Waals surface area contributed by atoms with Gasteiger partial charge in [-0.05, 0) is 44.1 Å². The van der Waals surface area contributed by atoms with Gasteiger partial charge in [-0.25, -0.2) is 4.79 Å². The number of nitrogens with zero attached hydrogens (tertiary/aromatic N) is 1. The van der Waals surface area contributed by atoms with Crippen LogP contribution in [0, 0.1) is 0 Å². The van der Waals surface area contributed by atoms with Gasteiger partial charge in [-0.2, -0.15) is 0 Å². The Kier molecular flexibility index (Phi) is 9.70. The van der Waals surface area contributed by atoms with Crippen molar-refractivity contribution in [2.45, 2.75) is 32.2 Å². The molecule has 152 valence electrons. The molecule has 27 heavy (non-hydrogen) atoms. The fraction of sp³-hybridized carbons (Fsp3) is 0.529. The van der Waals surface area contributed by atoms with Crippen molar-refractivity contribution in [1.29, 1.82) is 0 Å². The van der Waals surface area contributed by atoms with Crippen LogP contribution in [0.1, 0.15) is 19.8 Å². The number of ether oxygens (including phenoxy) is 2. The van der Waals surface area contributed by atoms with E-state index in [1.807, 2.05) is 6.92 Å². The number of carbonyl (C=O) groups is 1. The molecule has 6 nitrogen and oxygen atoms in total. The van der Waals surface area contributed by atoms with Gasteiger partial charge in [-0.3, -0.25) is 0 Å². The molecular formula is C17H24F3N3O3S. The number of carbonyl (C=O) groups excluding carboxylic acids is 1. The van der Waals surface area contributed by atoms with E-state index in [-0.39, 0.29) is 11.8 Å². The van der Waals surface area contributed by atoms with Gasteiger partial charge in [-0.15, -0.1) is 13.2 Å². The molecule has 10 heteroatoms. The maximum absolute atomic E-state index is 11.5. The van der Waals surface area contributed by atoms with Crippen LogP contribution in [0.25, 0.3) is 0 Å². The summed E-state index contributed by atoms with van der Waals surface area (Å²) in [4.78, 5) is 13.2. The Morgan fingerprint density at radius 2 is 1.85 bits per heavy atom. The lowest BCUT2D eigenvalue weighted by molar-refractivity contribution is -0.274. The summed E-state index contributed by atoms with van der Waals surface area (Å²) in [5.74, 6) is -0.194. The van der Waals surface area contributed by atoms with Crippen molar-refractivity contribution in [3.8, 4) is 5.75 Å². The number of hydrogen-bond acceptors (Lipinski definition) is 4. The van der Waals surface area contributed by atoms with Crippen LogP contribution in [0.5, 0.6) is 5.75 Å². The van der Waals surface area contributed by atoms with E-state index in [1.165, 1.54) is 24.3 Å². The first-order chi connectivity index (χ1) is 12.7. The number of amides is 1. The molecule has 0 atom stereocenters. The van der Waals surface area contributed by atoms with E-state index >= 15 is 0 Å². The maximum Gasteiger partial charge on any atom is 0.573 e. The number of rotatable bonds is 3. The molecule has 1 fully saturated rings. The summed E-state index contributed by atoms with van der Waals surface area (Å²) in [6.07, 6.45) is -3.00. The predicted molar refractivity (Wildman–Crippen MR) is 99.5 cm³/mol. The average molecular weight is 407 g/mol. The molecule has 0 saturated carbocycles. The lowest BCUT2D eigenvalue weighted by atomic mass is 10.1. The second-order valence-electron chi connectivity index (χ2n) is 5.54. The molecule has 0 spiro atoms. The Labute approximate surface area is 162 Å². The zero-order valence-electron chi connectivity index (χ0n) is 15.2. The van der Waals surface area contributed by atoms with Crippen LogP contribution >= 0.6 is 12.2 Å². The van der Waals surface area contributed by atoms with Gasteiger partial charge in [0.15, 0.2) is 5.11 Å². The molecule has 1 aliphatic rings. The zero-order chi connectivity index (χ0) is 20.3. The fourth-order valence-corrected chi connectivity index (χ4v) is 2.47. The Morgan fingerprint density at radius 3 is 2.33 bits per heavy atom. The number of thiocarbonyl (C=S) groups is 1. The smallest absolute Gasteiger partial charge is 0.450 e. The van der Waals surface area contributed by atoms with Gasteiger partial charge in [0, 0.05) is 26.2 Å². The third kappa shape index (κ3) is 9.88. The largest absolute Gasteiger partial charge is 0.573 e. The summed E-state index contributed by atoms with van der Waals surface area (Å²) in [5.41, 5.74) is 0. The lowest BCUT2D eigenvalue weighted by Gasteiger charge is -2.32. The number of likely N-dealkylation sites (tertiary alicyclic amines) is 1. The van der Waals surface area contributed by atoms with E-state index in [1.54, 1.807) is 18.0 Å². The quantitative estimate of drug-likeness (QED) is 0.750. The number of para-hydroxylation sites is 1. The van der Waals surface area contributed by atoms with Crippen molar-refractivity contribution in [2.24, 2.45) is 0 Å². The van der Waals surface area contributed by atoms with E-state index in [0.29, 0.717) is 17.8 Å². The van der Waals surface area contributed by atoms with Crippen LogP contribution in [0.4, 0.5) is 18.0 Å². The molecule has 1 aromatic rings. The summed E-state index contributed by atoms with van der Waals surface area (Å²) < 4.78 is 43.1. The van der Waals surface area contributed by atoms with Crippen molar-refractivity contribution in [1.82, 2.24) is 15.5 Å². The minimum Gasteiger partial charge on any atom is -0.450 e. The lowest BCUT2D eigenvalue weighted by Crippen LogP contribution is -2.48. The Morgan fingerprint density at radius 1 is 1.26 bits per heavy atom. The molecule has 0 aliphatic carbocycles. The van der Waals surface area contributed by atoms with Gasteiger partial charge in [0.1, 0.15) is 5.75 Å². The first kappa shape index (κ1) is 22.8. The highest BCUT2D eigenvalue weighted by Crippen LogP contribution is 2.21. The number of hydrogen-bond donors (Lipinski definition) is 2. The molecular weight excluding hydrogens is 383 g/mol. The topological polar surface area (TPSA) is 62.8 Å². The highest BCUT2D eigenvalue weighted by Gasteiger charge is 2.30. The van der Waals surface area contributed by atoms with Gasteiger partial charge in [-0.1, -0.05) is 18.2 Å². The summed E-state index contributed by atoms with van der Waals surface area (Å²) >= 11 is 5.03. The van der Waals surface area contributed by atoms with Gasteiger partial charge in [0.25, 0.3) is 0 Å². The Balaban J connectivity index is 0.000000289. The molecule has 1 heterocycles. The number of benzene rings is 1. The first-order valence-electron chi connectivity index (χ1n) is 8.46. The molecule has 2 N–H and O–H groups in total. The molecule has 0 radical (unpaired) electrons. The van der Waals surface area contributed by atoms with Crippen molar-refractivity contribution in [2.75, 3.05) is 26.7 Å². The molecule has 1 saturated heterocycles. The number of alkyl halides is 3. The van der Waals surface area contributed by atoms with Gasteiger partial charge >= 0.3 is 12.5 Å². The molecule has 0 unspecified atom stereocenters. The summed E-state index contributed by atoms with van der Waals surface area (Å²) in [6, 6.07) is 7.40. The van der Waals surface area contributed by atoms with Crippen molar-refractivity contribution in [3.63, 3.8) is 0 Å². The minimum absolute atomic E-state index is 0.194. The predicted octanol–water partition coefficient (Wildman–Crippen LogP) is 3.29. The zero-order valence-corrected chi connectivity index (χ0v) is 16.0. The highest BCUT2D eigenvalue weighted by atomic mass is 32.1. The van der Waals surface area contributed by atoms with Gasteiger partial charge < -0.3 is 25.0 Å². The van der Waals surface area contributed by atoms with Crippen LogP contribution in [-0.2, 0) is 4.74 Å². The molecule has 0 aromatic heterocycles. The van der Waals surface area contributed by atoms with E-state index < -0.39 is 6.36 Å². The first-order valence-corrected chi connectivity index (χ1v) is 8.86. The standard InChI is InChI=1S/C10H19N3O2S.C7H5F3O/c1-3-15-10(14)13-6-4-8(5-7-13)12-9(16)11-2;8-7(9,10)11-6-4-2-1-3-5-6/h8H,3-7H2,1-2H3,(H2,11,12,16);1-5H. The number of piperidine rings is 1. The van der Waals surface area contributed by atoms with Crippen molar-refractivity contribution < 1.29 is 27.4 Å². The molecule has 1 amide bonds. The van der Waals surface area contributed by atoms with E-state index in [2.05, 4.69) is 15.4 Å². The van der Waals surface area contributed by atoms with Crippen LogP contribution in [0.2, 0.25) is 0 Å². The number of nitrogens with one attached hydrogen (secondary N) is 2. The normalized spacial score (nSPS) is 14.5. The van der Waals surface area contributed by atoms with E-state index in [0.717, 1.165) is 25.9 Å². The van der Waals surface area contributed by atoms with Crippen molar-refractivity contribution in [3.05, 3.63) is 30.3 Å². The SMILES string of the molecule is CCOC(=O)N1CCC(NC(=S)NC)CC1.FC(F)(F)Oc1ccccc1. The molecule has 1 aliphatic heterocycles. The highest BCUT2D eigenvalue weighted by molar-refractivity contribution is 7.80. The number of halogens is 3. The van der Waals surface area contributed by atoms with Gasteiger partial charge in [0.05, 0.1) is 6.61 Å². The monoisotopic (exact) mass is 407 g/mol. The molecule has 0 bridgehead atoms. The third-order valence-electron chi connectivity index (χ3n) is 3.56.